The van der Waals surface area contributed by atoms with Gasteiger partial charge in [-0.25, -0.2) is 14.8 Å². The van der Waals surface area contributed by atoms with E-state index in [0.29, 0.717) is 12.2 Å². The van der Waals surface area contributed by atoms with Crippen molar-refractivity contribution in [3.8, 4) is 0 Å². The summed E-state index contributed by atoms with van der Waals surface area (Å²) in [5.74, 6) is 0.522. The van der Waals surface area contributed by atoms with Crippen molar-refractivity contribution in [3.63, 3.8) is 0 Å². The average molecular weight is 298 g/mol. The molecule has 1 atom stereocenters. The Labute approximate surface area is 122 Å². The van der Waals surface area contributed by atoms with Crippen LogP contribution in [0.25, 0.3) is 0 Å². The van der Waals surface area contributed by atoms with Gasteiger partial charge >= 0.3 is 6.09 Å². The van der Waals surface area contributed by atoms with Crippen LogP contribution in [0.3, 0.4) is 0 Å². The highest BCUT2D eigenvalue weighted by molar-refractivity contribution is 6.28. The highest BCUT2D eigenvalue weighted by atomic mass is 35.5. The zero-order valence-corrected chi connectivity index (χ0v) is 12.3. The number of hydrazone groups is 1. The minimum Gasteiger partial charge on any atom is -0.442 e. The van der Waals surface area contributed by atoms with E-state index in [1.165, 1.54) is 11.2 Å². The number of hydrogen-bond acceptors (Lipinski definition) is 6. The molecule has 0 fully saturated rings. The standard InChI is InChI=1S/C12H16ClN5O2/c1-12(2,3)20-11(19)18-9(5-7-15-18)16-8-4-6-14-10(13)17-8/h4,6-7,9H,5H2,1-3H3,(H,14,16,17). The van der Waals surface area contributed by atoms with Crippen LogP contribution in [0.4, 0.5) is 10.6 Å². The van der Waals surface area contributed by atoms with Gasteiger partial charge in [0.1, 0.15) is 17.6 Å². The van der Waals surface area contributed by atoms with Gasteiger partial charge in [0.2, 0.25) is 5.28 Å². The first-order valence-corrected chi connectivity index (χ1v) is 6.53. The van der Waals surface area contributed by atoms with Gasteiger partial charge in [-0.05, 0) is 38.4 Å². The van der Waals surface area contributed by atoms with Crippen LogP contribution in [0.15, 0.2) is 17.4 Å². The molecule has 1 aliphatic rings. The molecule has 108 valence electrons. The van der Waals surface area contributed by atoms with Crippen LogP contribution in [0.1, 0.15) is 27.2 Å². The number of hydrogen-bond donors (Lipinski definition) is 1. The summed E-state index contributed by atoms with van der Waals surface area (Å²) < 4.78 is 5.29. The lowest BCUT2D eigenvalue weighted by molar-refractivity contribution is 0.0218. The Hall–Kier alpha value is -1.89. The summed E-state index contributed by atoms with van der Waals surface area (Å²) in [5, 5.41) is 8.47. The van der Waals surface area contributed by atoms with Crippen LogP contribution in [0.2, 0.25) is 5.28 Å². The highest BCUT2D eigenvalue weighted by Crippen LogP contribution is 2.18. The van der Waals surface area contributed by atoms with Crippen LogP contribution in [-0.2, 0) is 4.74 Å². The Kier molecular flexibility index (Phi) is 4.08. The first-order chi connectivity index (χ1) is 9.35. The maximum atomic E-state index is 12.0. The van der Waals surface area contributed by atoms with Crippen molar-refractivity contribution in [2.75, 3.05) is 5.32 Å². The Morgan fingerprint density at radius 3 is 2.95 bits per heavy atom. The fourth-order valence-electron chi connectivity index (χ4n) is 1.60. The van der Waals surface area contributed by atoms with Crippen LogP contribution < -0.4 is 5.32 Å². The van der Waals surface area contributed by atoms with E-state index >= 15 is 0 Å². The van der Waals surface area contributed by atoms with Crippen molar-refractivity contribution < 1.29 is 9.53 Å². The lowest BCUT2D eigenvalue weighted by Gasteiger charge is -2.27. The Bertz CT molecular complexity index is 529. The molecule has 7 nitrogen and oxygen atoms in total. The SMILES string of the molecule is CC(C)(C)OC(=O)N1N=CCC1Nc1ccnc(Cl)n1. The smallest absolute Gasteiger partial charge is 0.432 e. The normalized spacial score (nSPS) is 18.2. The molecular formula is C12H16ClN5O2. The van der Waals surface area contributed by atoms with Gasteiger partial charge in [0.05, 0.1) is 0 Å². The maximum Gasteiger partial charge on any atom is 0.432 e. The number of rotatable bonds is 2. The van der Waals surface area contributed by atoms with Crippen LogP contribution in [0, 0.1) is 0 Å². The summed E-state index contributed by atoms with van der Waals surface area (Å²) in [6.45, 7) is 5.41. The van der Waals surface area contributed by atoms with Gasteiger partial charge in [-0.3, -0.25) is 0 Å². The van der Waals surface area contributed by atoms with E-state index in [-0.39, 0.29) is 11.4 Å². The predicted molar refractivity (Wildman–Crippen MR) is 75.6 cm³/mol. The molecule has 0 aliphatic carbocycles. The number of aromatic nitrogens is 2. The topological polar surface area (TPSA) is 79.7 Å². The molecule has 1 aliphatic heterocycles. The van der Waals surface area contributed by atoms with Crippen molar-refractivity contribution in [3.05, 3.63) is 17.5 Å². The third kappa shape index (κ3) is 3.80. The first-order valence-electron chi connectivity index (χ1n) is 6.15. The second kappa shape index (κ2) is 5.62. The van der Waals surface area contributed by atoms with Crippen LogP contribution in [-0.4, -0.2) is 39.1 Å². The fourth-order valence-corrected chi connectivity index (χ4v) is 1.75. The summed E-state index contributed by atoms with van der Waals surface area (Å²) in [7, 11) is 0. The van der Waals surface area contributed by atoms with E-state index in [2.05, 4.69) is 20.4 Å². The molecule has 1 amide bonds. The van der Waals surface area contributed by atoms with Crippen LogP contribution in [0.5, 0.6) is 0 Å². The van der Waals surface area contributed by atoms with Crippen LogP contribution >= 0.6 is 11.6 Å². The number of nitrogens with zero attached hydrogens (tertiary/aromatic N) is 4. The molecule has 1 aromatic rings. The van der Waals surface area contributed by atoms with Crippen molar-refractivity contribution in [1.82, 2.24) is 15.0 Å². The van der Waals surface area contributed by atoms with Crippen molar-refractivity contribution in [1.29, 1.82) is 0 Å². The number of amides is 1. The molecule has 20 heavy (non-hydrogen) atoms. The molecule has 2 rings (SSSR count). The highest BCUT2D eigenvalue weighted by Gasteiger charge is 2.31. The Balaban J connectivity index is 2.03. The number of carbonyl (C=O) groups is 1. The second-order valence-corrected chi connectivity index (χ2v) is 5.57. The molecule has 0 bridgehead atoms. The lowest BCUT2D eigenvalue weighted by Crippen LogP contribution is -2.41. The molecule has 2 heterocycles. The first kappa shape index (κ1) is 14.5. The van der Waals surface area contributed by atoms with E-state index in [4.69, 9.17) is 16.3 Å². The summed E-state index contributed by atoms with van der Waals surface area (Å²) in [6.07, 6.45) is 2.87. The summed E-state index contributed by atoms with van der Waals surface area (Å²) in [4.78, 5) is 19.8. The van der Waals surface area contributed by atoms with E-state index in [1.54, 1.807) is 33.1 Å². The Morgan fingerprint density at radius 1 is 1.55 bits per heavy atom. The van der Waals surface area contributed by atoms with Gasteiger partial charge in [0.25, 0.3) is 0 Å². The molecular weight excluding hydrogens is 282 g/mol. The molecule has 8 heteroatoms. The van der Waals surface area contributed by atoms with Crippen molar-refractivity contribution in [2.45, 2.75) is 39.0 Å². The van der Waals surface area contributed by atoms with Gasteiger partial charge in [0.15, 0.2) is 0 Å². The third-order valence-electron chi connectivity index (χ3n) is 2.35. The van der Waals surface area contributed by atoms with Gasteiger partial charge in [0, 0.05) is 18.8 Å². The number of ether oxygens (including phenoxy) is 1. The summed E-state index contributed by atoms with van der Waals surface area (Å²) in [5.41, 5.74) is -0.571. The van der Waals surface area contributed by atoms with Gasteiger partial charge in [-0.2, -0.15) is 10.1 Å². The molecule has 1 unspecified atom stereocenters. The fraction of sp³-hybridized carbons (Fsp3) is 0.500. The monoisotopic (exact) mass is 297 g/mol. The van der Waals surface area contributed by atoms with Crippen molar-refractivity contribution in [2.24, 2.45) is 5.10 Å². The van der Waals surface area contributed by atoms with Crippen molar-refractivity contribution >= 4 is 29.7 Å². The van der Waals surface area contributed by atoms with E-state index in [1.807, 2.05) is 0 Å². The molecule has 0 saturated carbocycles. The number of anilines is 1. The molecule has 1 N–H and O–H groups in total. The molecule has 1 aromatic heterocycles. The number of halogens is 1. The molecule has 0 spiro atoms. The predicted octanol–water partition coefficient (Wildman–Crippen LogP) is 2.49. The number of nitrogens with one attached hydrogen (secondary N) is 1. The van der Waals surface area contributed by atoms with Gasteiger partial charge < -0.3 is 10.1 Å². The minimum atomic E-state index is -0.571. The largest absolute Gasteiger partial charge is 0.442 e. The summed E-state index contributed by atoms with van der Waals surface area (Å²) in [6, 6.07) is 1.66. The zero-order chi connectivity index (χ0) is 14.8. The maximum absolute atomic E-state index is 12.0. The van der Waals surface area contributed by atoms with Gasteiger partial charge in [-0.15, -0.1) is 0 Å². The summed E-state index contributed by atoms with van der Waals surface area (Å²) >= 11 is 5.72. The van der Waals surface area contributed by atoms with E-state index in [9.17, 15) is 4.79 Å². The Morgan fingerprint density at radius 2 is 2.30 bits per heavy atom. The van der Waals surface area contributed by atoms with E-state index in [0.717, 1.165) is 0 Å². The third-order valence-corrected chi connectivity index (χ3v) is 2.53. The molecule has 0 saturated heterocycles. The second-order valence-electron chi connectivity index (χ2n) is 5.23. The molecule has 0 radical (unpaired) electrons. The number of carbonyl (C=O) groups excluding carboxylic acids is 1. The van der Waals surface area contributed by atoms with E-state index < -0.39 is 11.7 Å². The average Bonchev–Trinajstić information content (AvgIpc) is 2.75. The van der Waals surface area contributed by atoms with Gasteiger partial charge in [-0.1, -0.05) is 0 Å². The minimum absolute atomic E-state index is 0.137. The quantitative estimate of drug-likeness (QED) is 0.848. The molecule has 0 aromatic carbocycles. The zero-order valence-electron chi connectivity index (χ0n) is 11.5. The lowest BCUT2D eigenvalue weighted by atomic mass is 10.2.